The van der Waals surface area contributed by atoms with Crippen molar-refractivity contribution < 1.29 is 0 Å². The summed E-state index contributed by atoms with van der Waals surface area (Å²) in [6.07, 6.45) is 0. The van der Waals surface area contributed by atoms with E-state index >= 15 is 0 Å². The second kappa shape index (κ2) is 2.90. The number of nitrogens with zero attached hydrogens (tertiary/aromatic N) is 1. The molecule has 3 heteroatoms. The van der Waals surface area contributed by atoms with Crippen LogP contribution in [0.5, 0.6) is 0 Å². The number of aryl methyl sites for hydroxylation is 1. The molecular formula is C10H7BrN2. The lowest BCUT2D eigenvalue weighted by molar-refractivity contribution is 1.37. The Kier molecular flexibility index (Phi) is 1.86. The van der Waals surface area contributed by atoms with Crippen molar-refractivity contribution in [2.75, 3.05) is 0 Å². The van der Waals surface area contributed by atoms with Crippen molar-refractivity contribution in [1.82, 2.24) is 4.98 Å². The first-order chi connectivity index (χ1) is 6.22. The first kappa shape index (κ1) is 8.33. The highest BCUT2D eigenvalue weighted by Crippen LogP contribution is 2.25. The fourth-order valence-corrected chi connectivity index (χ4v) is 1.73. The number of rotatable bonds is 0. The number of aromatic nitrogens is 1. The molecule has 2 nitrogen and oxygen atoms in total. The third-order valence-corrected chi connectivity index (χ3v) is 2.99. The van der Waals surface area contributed by atoms with Gasteiger partial charge in [-0.1, -0.05) is 15.9 Å². The van der Waals surface area contributed by atoms with Gasteiger partial charge in [-0.2, -0.15) is 5.26 Å². The van der Waals surface area contributed by atoms with Crippen LogP contribution in [0.4, 0.5) is 0 Å². The highest BCUT2D eigenvalue weighted by molar-refractivity contribution is 9.10. The zero-order valence-corrected chi connectivity index (χ0v) is 8.64. The molecule has 1 aromatic carbocycles. The van der Waals surface area contributed by atoms with Gasteiger partial charge in [0.2, 0.25) is 0 Å². The van der Waals surface area contributed by atoms with Gasteiger partial charge in [0.1, 0.15) is 11.8 Å². The Balaban J connectivity index is 2.86. The van der Waals surface area contributed by atoms with Crippen LogP contribution in [0.1, 0.15) is 11.3 Å². The summed E-state index contributed by atoms with van der Waals surface area (Å²) in [6.45, 7) is 2.03. The smallest absolute Gasteiger partial charge is 0.118 e. The monoisotopic (exact) mass is 234 g/mol. The van der Waals surface area contributed by atoms with E-state index in [9.17, 15) is 0 Å². The predicted octanol–water partition coefficient (Wildman–Crippen LogP) is 3.11. The number of hydrogen-bond donors (Lipinski definition) is 1. The summed E-state index contributed by atoms with van der Waals surface area (Å²) in [7, 11) is 0. The minimum absolute atomic E-state index is 0.608. The summed E-state index contributed by atoms with van der Waals surface area (Å²) < 4.78 is 1.07. The van der Waals surface area contributed by atoms with Crippen LogP contribution in [0.3, 0.4) is 0 Å². The average Bonchev–Trinajstić information content (AvgIpc) is 2.55. The number of fused-ring (bicyclic) bond motifs is 1. The lowest BCUT2D eigenvalue weighted by atomic mass is 10.1. The number of halogens is 1. The van der Waals surface area contributed by atoms with Crippen LogP contribution in [0.2, 0.25) is 0 Å². The number of aromatic amines is 1. The van der Waals surface area contributed by atoms with Gasteiger partial charge in [0.25, 0.3) is 0 Å². The Morgan fingerprint density at radius 1 is 1.46 bits per heavy atom. The summed E-state index contributed by atoms with van der Waals surface area (Å²) in [5, 5.41) is 9.81. The molecule has 0 aliphatic carbocycles. The van der Waals surface area contributed by atoms with Crippen molar-refractivity contribution in [3.63, 3.8) is 0 Å². The van der Waals surface area contributed by atoms with Crippen LogP contribution in [-0.4, -0.2) is 4.98 Å². The lowest BCUT2D eigenvalue weighted by Gasteiger charge is -1.97. The van der Waals surface area contributed by atoms with Gasteiger partial charge in [0.05, 0.1) is 0 Å². The molecule has 0 saturated carbocycles. The summed E-state index contributed by atoms with van der Waals surface area (Å²) in [4.78, 5) is 3.03. The number of hydrogen-bond acceptors (Lipinski definition) is 1. The first-order valence-electron chi connectivity index (χ1n) is 3.90. The van der Waals surface area contributed by atoms with Crippen LogP contribution in [0.15, 0.2) is 22.7 Å². The van der Waals surface area contributed by atoms with E-state index in [4.69, 9.17) is 5.26 Å². The maximum Gasteiger partial charge on any atom is 0.118 e. The van der Waals surface area contributed by atoms with Crippen LogP contribution < -0.4 is 0 Å². The maximum absolute atomic E-state index is 8.71. The Hall–Kier alpha value is -1.27. The molecule has 1 aromatic heterocycles. The molecule has 0 amide bonds. The zero-order chi connectivity index (χ0) is 9.42. The van der Waals surface area contributed by atoms with Crippen molar-refractivity contribution in [3.8, 4) is 6.07 Å². The minimum Gasteiger partial charge on any atom is -0.346 e. The number of benzene rings is 1. The molecule has 0 atom stereocenters. The summed E-state index contributed by atoms with van der Waals surface area (Å²) >= 11 is 3.45. The number of nitrogens with one attached hydrogen (secondary N) is 1. The molecule has 0 spiro atoms. The molecule has 0 aliphatic heterocycles. The van der Waals surface area contributed by atoms with E-state index in [0.717, 1.165) is 20.9 Å². The molecule has 0 fully saturated rings. The van der Waals surface area contributed by atoms with E-state index < -0.39 is 0 Å². The van der Waals surface area contributed by atoms with Crippen LogP contribution in [-0.2, 0) is 0 Å². The van der Waals surface area contributed by atoms with Gasteiger partial charge in [0, 0.05) is 15.4 Å². The summed E-state index contributed by atoms with van der Waals surface area (Å²) in [5.74, 6) is 0. The van der Waals surface area contributed by atoms with Crippen LogP contribution >= 0.6 is 15.9 Å². The van der Waals surface area contributed by atoms with Gasteiger partial charge in [-0.15, -0.1) is 0 Å². The highest BCUT2D eigenvalue weighted by atomic mass is 79.9. The van der Waals surface area contributed by atoms with Crippen molar-refractivity contribution in [2.24, 2.45) is 0 Å². The van der Waals surface area contributed by atoms with Gasteiger partial charge in [-0.25, -0.2) is 0 Å². The molecule has 1 heterocycles. The Morgan fingerprint density at radius 2 is 2.23 bits per heavy atom. The van der Waals surface area contributed by atoms with Crippen molar-refractivity contribution in [1.29, 1.82) is 5.26 Å². The summed E-state index contributed by atoms with van der Waals surface area (Å²) in [6, 6.07) is 7.91. The topological polar surface area (TPSA) is 39.6 Å². The molecule has 1 N–H and O–H groups in total. The van der Waals surface area contributed by atoms with E-state index in [1.54, 1.807) is 0 Å². The molecule has 0 bridgehead atoms. The molecule has 0 radical (unpaired) electrons. The molecular weight excluding hydrogens is 228 g/mol. The molecule has 2 aromatic rings. The third-order valence-electron chi connectivity index (χ3n) is 2.13. The normalized spacial score (nSPS) is 10.2. The first-order valence-corrected chi connectivity index (χ1v) is 4.69. The van der Waals surface area contributed by atoms with Crippen molar-refractivity contribution >= 4 is 26.8 Å². The van der Waals surface area contributed by atoms with Gasteiger partial charge < -0.3 is 4.98 Å². The van der Waals surface area contributed by atoms with Gasteiger partial charge in [-0.3, -0.25) is 0 Å². The van der Waals surface area contributed by atoms with Gasteiger partial charge in [0.15, 0.2) is 0 Å². The lowest BCUT2D eigenvalue weighted by Crippen LogP contribution is -1.75. The fraction of sp³-hybridized carbons (Fsp3) is 0.100. The Morgan fingerprint density at radius 3 is 2.92 bits per heavy atom. The maximum atomic E-state index is 8.71. The molecule has 64 valence electrons. The zero-order valence-electron chi connectivity index (χ0n) is 7.06. The second-order valence-electron chi connectivity index (χ2n) is 2.93. The highest BCUT2D eigenvalue weighted by Gasteiger charge is 2.04. The van der Waals surface area contributed by atoms with Gasteiger partial charge >= 0.3 is 0 Å². The van der Waals surface area contributed by atoms with E-state index in [-0.39, 0.29) is 0 Å². The summed E-state index contributed by atoms with van der Waals surface area (Å²) in [5.41, 5.74) is 2.78. The predicted molar refractivity (Wildman–Crippen MR) is 55.5 cm³/mol. The van der Waals surface area contributed by atoms with E-state index in [2.05, 4.69) is 27.0 Å². The largest absolute Gasteiger partial charge is 0.346 e. The molecule has 13 heavy (non-hydrogen) atoms. The number of H-pyrrole nitrogens is 1. The van der Waals surface area contributed by atoms with Crippen molar-refractivity contribution in [3.05, 3.63) is 33.9 Å². The van der Waals surface area contributed by atoms with Crippen molar-refractivity contribution in [2.45, 2.75) is 6.92 Å². The van der Waals surface area contributed by atoms with E-state index in [1.807, 2.05) is 25.1 Å². The Labute approximate surface area is 84.3 Å². The molecule has 2 rings (SSSR count). The van der Waals surface area contributed by atoms with Crippen LogP contribution in [0.25, 0.3) is 10.9 Å². The minimum atomic E-state index is 0.608. The standard InChI is InChI=1S/C10H7BrN2/c1-6-8-4-7(5-12)13-10(8)3-2-9(6)11/h2-4,13H,1H3. The molecule has 0 aliphatic rings. The van der Waals surface area contributed by atoms with E-state index in [0.29, 0.717) is 5.69 Å². The van der Waals surface area contributed by atoms with Gasteiger partial charge in [-0.05, 0) is 30.7 Å². The van der Waals surface area contributed by atoms with E-state index in [1.165, 1.54) is 0 Å². The quantitative estimate of drug-likeness (QED) is 0.748. The number of nitriles is 1. The van der Waals surface area contributed by atoms with Crippen LogP contribution in [0, 0.1) is 18.3 Å². The Bertz CT molecular complexity index is 505. The second-order valence-corrected chi connectivity index (χ2v) is 3.78. The molecule has 0 saturated heterocycles. The SMILES string of the molecule is Cc1c(Br)ccc2[nH]c(C#N)cc12. The fourth-order valence-electron chi connectivity index (χ4n) is 1.38. The molecule has 0 unspecified atom stereocenters. The third kappa shape index (κ3) is 1.24. The average molecular weight is 235 g/mol.